The standard InChI is InChI=1S/C16H16BrNO3/c1-3-20-14-6-5-11(8-15(14)21-4-2)16(19)12-7-13(17)10-18-9-12/h5-10H,3-4H2,1-2H3. The number of benzene rings is 1. The van der Waals surface area contributed by atoms with Crippen molar-refractivity contribution in [3.05, 3.63) is 52.3 Å². The molecule has 110 valence electrons. The molecule has 1 aromatic heterocycles. The van der Waals surface area contributed by atoms with Crippen LogP contribution >= 0.6 is 15.9 Å². The van der Waals surface area contributed by atoms with Crippen molar-refractivity contribution >= 4 is 21.7 Å². The fourth-order valence-electron chi connectivity index (χ4n) is 1.90. The molecule has 0 bridgehead atoms. The molecule has 2 rings (SSSR count). The lowest BCUT2D eigenvalue weighted by Gasteiger charge is -2.12. The highest BCUT2D eigenvalue weighted by molar-refractivity contribution is 9.10. The van der Waals surface area contributed by atoms with Crippen LogP contribution in [0.15, 0.2) is 41.1 Å². The average molecular weight is 350 g/mol. The van der Waals surface area contributed by atoms with Crippen LogP contribution in [0.5, 0.6) is 11.5 Å². The first kappa shape index (κ1) is 15.5. The number of ketones is 1. The maximum Gasteiger partial charge on any atom is 0.194 e. The molecule has 1 aromatic carbocycles. The monoisotopic (exact) mass is 349 g/mol. The van der Waals surface area contributed by atoms with Gasteiger partial charge in [-0.1, -0.05) is 0 Å². The van der Waals surface area contributed by atoms with Crippen molar-refractivity contribution < 1.29 is 14.3 Å². The summed E-state index contributed by atoms with van der Waals surface area (Å²) in [6, 6.07) is 6.94. The van der Waals surface area contributed by atoms with Gasteiger partial charge in [0.15, 0.2) is 17.3 Å². The minimum atomic E-state index is -0.104. The Balaban J connectivity index is 2.35. The summed E-state index contributed by atoms with van der Waals surface area (Å²) in [6.07, 6.45) is 3.19. The van der Waals surface area contributed by atoms with Crippen molar-refractivity contribution in [2.24, 2.45) is 0 Å². The summed E-state index contributed by atoms with van der Waals surface area (Å²) < 4.78 is 11.8. The number of hydrogen-bond donors (Lipinski definition) is 0. The van der Waals surface area contributed by atoms with Gasteiger partial charge in [-0.2, -0.15) is 0 Å². The zero-order valence-electron chi connectivity index (χ0n) is 11.9. The van der Waals surface area contributed by atoms with E-state index >= 15 is 0 Å². The largest absolute Gasteiger partial charge is 0.490 e. The minimum absolute atomic E-state index is 0.104. The van der Waals surface area contributed by atoms with Crippen LogP contribution in [0.25, 0.3) is 0 Å². The van der Waals surface area contributed by atoms with Gasteiger partial charge in [-0.25, -0.2) is 0 Å². The fraction of sp³-hybridized carbons (Fsp3) is 0.250. The lowest BCUT2D eigenvalue weighted by Crippen LogP contribution is -2.04. The number of ether oxygens (including phenoxy) is 2. The summed E-state index contributed by atoms with van der Waals surface area (Å²) in [5.41, 5.74) is 1.07. The van der Waals surface area contributed by atoms with Gasteiger partial charge in [-0.05, 0) is 54.0 Å². The predicted molar refractivity (Wildman–Crippen MR) is 84.1 cm³/mol. The molecule has 0 aliphatic rings. The van der Waals surface area contributed by atoms with E-state index in [4.69, 9.17) is 9.47 Å². The Morgan fingerprint density at radius 3 is 2.43 bits per heavy atom. The first-order valence-corrected chi connectivity index (χ1v) is 7.50. The molecule has 0 radical (unpaired) electrons. The molecule has 0 N–H and O–H groups in total. The van der Waals surface area contributed by atoms with Crippen molar-refractivity contribution in [3.63, 3.8) is 0 Å². The van der Waals surface area contributed by atoms with E-state index in [-0.39, 0.29) is 5.78 Å². The highest BCUT2D eigenvalue weighted by atomic mass is 79.9. The van der Waals surface area contributed by atoms with Gasteiger partial charge in [0, 0.05) is 28.0 Å². The van der Waals surface area contributed by atoms with E-state index in [1.165, 1.54) is 0 Å². The fourth-order valence-corrected chi connectivity index (χ4v) is 2.26. The molecular formula is C16H16BrNO3. The zero-order chi connectivity index (χ0) is 15.2. The second kappa shape index (κ2) is 7.22. The summed E-state index contributed by atoms with van der Waals surface area (Å²) in [7, 11) is 0. The number of carbonyl (C=O) groups is 1. The molecule has 2 aromatic rings. The van der Waals surface area contributed by atoms with Crippen LogP contribution in [0, 0.1) is 0 Å². The Morgan fingerprint density at radius 2 is 1.76 bits per heavy atom. The van der Waals surface area contributed by atoms with Crippen LogP contribution in [0.2, 0.25) is 0 Å². The van der Waals surface area contributed by atoms with E-state index in [0.717, 1.165) is 4.47 Å². The smallest absolute Gasteiger partial charge is 0.194 e. The number of aromatic nitrogens is 1. The molecule has 0 spiro atoms. The van der Waals surface area contributed by atoms with Crippen LogP contribution in [-0.4, -0.2) is 24.0 Å². The number of carbonyl (C=O) groups excluding carboxylic acids is 1. The average Bonchev–Trinajstić information content (AvgIpc) is 2.49. The Kier molecular flexibility index (Phi) is 5.33. The summed E-state index contributed by atoms with van der Waals surface area (Å²) in [6.45, 7) is 4.85. The summed E-state index contributed by atoms with van der Waals surface area (Å²) in [5, 5.41) is 0. The number of rotatable bonds is 6. The molecule has 0 fully saturated rings. The maximum atomic E-state index is 12.5. The number of pyridine rings is 1. The summed E-state index contributed by atoms with van der Waals surface area (Å²) >= 11 is 3.32. The SMILES string of the molecule is CCOc1ccc(C(=O)c2cncc(Br)c2)cc1OCC. The summed E-state index contributed by atoms with van der Waals surface area (Å²) in [4.78, 5) is 16.5. The first-order chi connectivity index (χ1) is 10.2. The van der Waals surface area contributed by atoms with Crippen molar-refractivity contribution in [2.45, 2.75) is 13.8 Å². The van der Waals surface area contributed by atoms with E-state index < -0.39 is 0 Å². The molecule has 0 atom stereocenters. The van der Waals surface area contributed by atoms with E-state index in [1.54, 1.807) is 36.7 Å². The van der Waals surface area contributed by atoms with Crippen LogP contribution in [0.1, 0.15) is 29.8 Å². The lowest BCUT2D eigenvalue weighted by atomic mass is 10.0. The molecule has 0 unspecified atom stereocenters. The van der Waals surface area contributed by atoms with E-state index in [2.05, 4.69) is 20.9 Å². The third-order valence-corrected chi connectivity index (χ3v) is 3.21. The Morgan fingerprint density at radius 1 is 1.05 bits per heavy atom. The molecule has 4 nitrogen and oxygen atoms in total. The van der Waals surface area contributed by atoms with Crippen molar-refractivity contribution in [3.8, 4) is 11.5 Å². The second-order valence-electron chi connectivity index (χ2n) is 4.25. The van der Waals surface area contributed by atoms with Gasteiger partial charge in [-0.15, -0.1) is 0 Å². The highest BCUT2D eigenvalue weighted by Crippen LogP contribution is 2.29. The Bertz CT molecular complexity index is 643. The van der Waals surface area contributed by atoms with Crippen LogP contribution < -0.4 is 9.47 Å². The predicted octanol–water partition coefficient (Wildman–Crippen LogP) is 3.87. The van der Waals surface area contributed by atoms with Crippen LogP contribution in [0.4, 0.5) is 0 Å². The topological polar surface area (TPSA) is 48.4 Å². The molecule has 0 aliphatic carbocycles. The maximum absolute atomic E-state index is 12.5. The van der Waals surface area contributed by atoms with Gasteiger partial charge in [-0.3, -0.25) is 9.78 Å². The molecule has 0 saturated heterocycles. The van der Waals surface area contributed by atoms with E-state index in [1.807, 2.05) is 13.8 Å². The molecule has 0 amide bonds. The third-order valence-electron chi connectivity index (χ3n) is 2.77. The molecule has 5 heteroatoms. The number of nitrogens with zero attached hydrogens (tertiary/aromatic N) is 1. The van der Waals surface area contributed by atoms with Crippen molar-refractivity contribution in [1.29, 1.82) is 0 Å². The first-order valence-electron chi connectivity index (χ1n) is 6.70. The van der Waals surface area contributed by atoms with Crippen molar-refractivity contribution in [2.75, 3.05) is 13.2 Å². The van der Waals surface area contributed by atoms with E-state index in [0.29, 0.717) is 35.8 Å². The van der Waals surface area contributed by atoms with Crippen LogP contribution in [-0.2, 0) is 0 Å². The van der Waals surface area contributed by atoms with Gasteiger partial charge < -0.3 is 9.47 Å². The van der Waals surface area contributed by atoms with Gasteiger partial charge >= 0.3 is 0 Å². The number of halogens is 1. The van der Waals surface area contributed by atoms with Gasteiger partial charge in [0.2, 0.25) is 0 Å². The molecular weight excluding hydrogens is 334 g/mol. The zero-order valence-corrected chi connectivity index (χ0v) is 13.5. The highest BCUT2D eigenvalue weighted by Gasteiger charge is 2.14. The molecule has 0 saturated carbocycles. The normalized spacial score (nSPS) is 10.2. The molecule has 21 heavy (non-hydrogen) atoms. The summed E-state index contributed by atoms with van der Waals surface area (Å²) in [5.74, 6) is 1.12. The quantitative estimate of drug-likeness (QED) is 0.742. The second-order valence-corrected chi connectivity index (χ2v) is 5.16. The van der Waals surface area contributed by atoms with E-state index in [9.17, 15) is 4.79 Å². The van der Waals surface area contributed by atoms with Crippen LogP contribution in [0.3, 0.4) is 0 Å². The molecule has 1 heterocycles. The van der Waals surface area contributed by atoms with Gasteiger partial charge in [0.25, 0.3) is 0 Å². The van der Waals surface area contributed by atoms with Crippen molar-refractivity contribution in [1.82, 2.24) is 4.98 Å². The van der Waals surface area contributed by atoms with Gasteiger partial charge in [0.1, 0.15) is 0 Å². The van der Waals surface area contributed by atoms with Gasteiger partial charge in [0.05, 0.1) is 13.2 Å². The minimum Gasteiger partial charge on any atom is -0.490 e. The lowest BCUT2D eigenvalue weighted by molar-refractivity contribution is 0.103. The molecule has 0 aliphatic heterocycles. The third kappa shape index (κ3) is 3.82. The Hall–Kier alpha value is -1.88. The Labute approximate surface area is 132 Å². The number of hydrogen-bond acceptors (Lipinski definition) is 4.